The van der Waals surface area contributed by atoms with Crippen molar-refractivity contribution in [1.82, 2.24) is 4.98 Å². The SMILES string of the molecule is CCOC(=O)CC(C/C(=N/[S+]([O-])C(C)(C)C)c1cccc(Br)n1)C(F)(F)F. The summed E-state index contributed by atoms with van der Waals surface area (Å²) in [5.41, 5.74) is 0.0938. The number of hydrogen-bond acceptors (Lipinski definition) is 5. The highest BCUT2D eigenvalue weighted by Crippen LogP contribution is 2.33. The Morgan fingerprint density at radius 3 is 2.44 bits per heavy atom. The first-order chi connectivity index (χ1) is 12.3. The Morgan fingerprint density at radius 1 is 1.33 bits per heavy atom. The topological polar surface area (TPSA) is 74.6 Å². The van der Waals surface area contributed by atoms with Crippen LogP contribution in [0, 0.1) is 5.92 Å². The molecule has 10 heteroatoms. The number of ether oxygens (including phenoxy) is 1. The van der Waals surface area contributed by atoms with Crippen LogP contribution in [-0.2, 0) is 20.9 Å². The van der Waals surface area contributed by atoms with Gasteiger partial charge in [-0.05, 0) is 55.8 Å². The van der Waals surface area contributed by atoms with Crippen LogP contribution in [0.15, 0.2) is 27.2 Å². The minimum atomic E-state index is -4.65. The molecule has 1 rings (SSSR count). The van der Waals surface area contributed by atoms with E-state index in [1.807, 2.05) is 0 Å². The van der Waals surface area contributed by atoms with Crippen molar-refractivity contribution < 1.29 is 27.3 Å². The fourth-order valence-corrected chi connectivity index (χ4v) is 2.94. The lowest BCUT2D eigenvalue weighted by Gasteiger charge is -2.22. The largest absolute Gasteiger partial charge is 0.591 e. The molecule has 0 saturated heterocycles. The van der Waals surface area contributed by atoms with Gasteiger partial charge in [0, 0.05) is 6.42 Å². The molecule has 0 N–H and O–H groups in total. The quantitative estimate of drug-likeness (QED) is 0.252. The van der Waals surface area contributed by atoms with Crippen LogP contribution in [0.25, 0.3) is 0 Å². The standard InChI is InChI=1S/C17H22BrF3N2O3S/c1-5-26-15(24)10-11(17(19,20)21)9-13(23-27(25)16(2,3)4)12-7-6-8-14(18)22-12/h6-8,11H,5,9-10H2,1-4H3/b23-13-. The van der Waals surface area contributed by atoms with Gasteiger partial charge in [0.2, 0.25) is 0 Å². The molecule has 2 unspecified atom stereocenters. The van der Waals surface area contributed by atoms with Crippen LogP contribution >= 0.6 is 15.9 Å². The molecule has 0 aliphatic rings. The summed E-state index contributed by atoms with van der Waals surface area (Å²) in [4.78, 5) is 15.7. The maximum absolute atomic E-state index is 13.5. The molecule has 0 radical (unpaired) electrons. The van der Waals surface area contributed by atoms with Crippen molar-refractivity contribution in [3.05, 3.63) is 28.5 Å². The van der Waals surface area contributed by atoms with E-state index in [9.17, 15) is 22.5 Å². The van der Waals surface area contributed by atoms with E-state index in [1.165, 1.54) is 13.0 Å². The van der Waals surface area contributed by atoms with Crippen molar-refractivity contribution in [2.75, 3.05) is 6.61 Å². The van der Waals surface area contributed by atoms with Crippen molar-refractivity contribution in [3.8, 4) is 0 Å². The number of rotatable bonds is 7. The molecule has 0 fully saturated rings. The molecule has 0 amide bonds. The smallest absolute Gasteiger partial charge is 0.392 e. The first-order valence-electron chi connectivity index (χ1n) is 8.19. The summed E-state index contributed by atoms with van der Waals surface area (Å²) in [7, 11) is 0. The lowest BCUT2D eigenvalue weighted by Crippen LogP contribution is -2.31. The van der Waals surface area contributed by atoms with Crippen LogP contribution in [0.3, 0.4) is 0 Å². The first-order valence-corrected chi connectivity index (χ1v) is 10.1. The number of carbonyl (C=O) groups is 1. The number of nitrogens with zero attached hydrogens (tertiary/aromatic N) is 2. The molecule has 27 heavy (non-hydrogen) atoms. The Balaban J connectivity index is 3.27. The molecule has 1 heterocycles. The predicted molar refractivity (Wildman–Crippen MR) is 102 cm³/mol. The van der Waals surface area contributed by atoms with Crippen LogP contribution in [0.4, 0.5) is 13.2 Å². The Bertz CT molecular complexity index is 678. The third-order valence-electron chi connectivity index (χ3n) is 3.35. The highest BCUT2D eigenvalue weighted by Gasteiger charge is 2.43. The second-order valence-electron chi connectivity index (χ2n) is 6.70. The second-order valence-corrected chi connectivity index (χ2v) is 9.41. The van der Waals surface area contributed by atoms with E-state index in [0.29, 0.717) is 4.60 Å². The van der Waals surface area contributed by atoms with Gasteiger partial charge in [-0.25, -0.2) is 4.98 Å². The summed E-state index contributed by atoms with van der Waals surface area (Å²) in [6, 6.07) is 4.69. The summed E-state index contributed by atoms with van der Waals surface area (Å²) in [5, 5.41) is 0. The van der Waals surface area contributed by atoms with Crippen molar-refractivity contribution in [3.63, 3.8) is 0 Å². The van der Waals surface area contributed by atoms with Crippen molar-refractivity contribution in [2.45, 2.75) is 51.5 Å². The number of aromatic nitrogens is 1. The Hall–Kier alpha value is -1.13. The van der Waals surface area contributed by atoms with Crippen LogP contribution in [0.5, 0.6) is 0 Å². The number of pyridine rings is 1. The van der Waals surface area contributed by atoms with Crippen LogP contribution in [0.1, 0.15) is 46.2 Å². The molecule has 2 atom stereocenters. The molecule has 0 spiro atoms. The maximum Gasteiger partial charge on any atom is 0.392 e. The molecule has 0 aliphatic carbocycles. The van der Waals surface area contributed by atoms with Gasteiger partial charge in [0.05, 0.1) is 24.6 Å². The van der Waals surface area contributed by atoms with Gasteiger partial charge in [-0.1, -0.05) is 10.5 Å². The van der Waals surface area contributed by atoms with Crippen LogP contribution < -0.4 is 0 Å². The van der Waals surface area contributed by atoms with E-state index in [-0.39, 0.29) is 18.0 Å². The lowest BCUT2D eigenvalue weighted by atomic mass is 9.96. The summed E-state index contributed by atoms with van der Waals surface area (Å²) in [6.45, 7) is 6.51. The van der Waals surface area contributed by atoms with Gasteiger partial charge in [0.15, 0.2) is 0 Å². The highest BCUT2D eigenvalue weighted by molar-refractivity contribution is 9.10. The number of carbonyl (C=O) groups excluding carboxylic acids is 1. The maximum atomic E-state index is 13.5. The summed E-state index contributed by atoms with van der Waals surface area (Å²) in [5.74, 6) is -2.97. The molecular formula is C17H22BrF3N2O3S. The molecule has 0 aliphatic heterocycles. The highest BCUT2D eigenvalue weighted by atomic mass is 79.9. The van der Waals surface area contributed by atoms with Crippen molar-refractivity contribution in [2.24, 2.45) is 10.3 Å². The molecule has 0 bridgehead atoms. The fourth-order valence-electron chi connectivity index (χ4n) is 1.95. The minimum Gasteiger partial charge on any atom is -0.591 e. The van der Waals surface area contributed by atoms with Gasteiger partial charge in [-0.2, -0.15) is 13.2 Å². The zero-order chi connectivity index (χ0) is 20.8. The molecule has 1 aromatic heterocycles. The zero-order valence-electron chi connectivity index (χ0n) is 15.5. The number of esters is 1. The van der Waals surface area contributed by atoms with Crippen molar-refractivity contribution >= 4 is 39.0 Å². The molecule has 1 aromatic rings. The van der Waals surface area contributed by atoms with Gasteiger partial charge in [-0.15, -0.1) is 0 Å². The third-order valence-corrected chi connectivity index (χ3v) is 5.22. The predicted octanol–water partition coefficient (Wildman–Crippen LogP) is 4.62. The number of halogens is 4. The first kappa shape index (κ1) is 23.9. The third kappa shape index (κ3) is 8.18. The fraction of sp³-hybridized carbons (Fsp3) is 0.588. The van der Waals surface area contributed by atoms with Crippen LogP contribution in [0.2, 0.25) is 0 Å². The summed E-state index contributed by atoms with van der Waals surface area (Å²) >= 11 is 1.38. The van der Waals surface area contributed by atoms with Gasteiger partial charge in [0.25, 0.3) is 0 Å². The minimum absolute atomic E-state index is 0.00835. The Kier molecular flexibility index (Phi) is 8.75. The molecule has 152 valence electrons. The lowest BCUT2D eigenvalue weighted by molar-refractivity contribution is -0.182. The summed E-state index contributed by atoms with van der Waals surface area (Å²) < 4.78 is 61.2. The van der Waals surface area contributed by atoms with Crippen molar-refractivity contribution in [1.29, 1.82) is 0 Å². The van der Waals surface area contributed by atoms with E-state index < -0.39 is 47.0 Å². The molecule has 5 nitrogen and oxygen atoms in total. The van der Waals surface area contributed by atoms with E-state index >= 15 is 0 Å². The number of hydrogen-bond donors (Lipinski definition) is 0. The van der Waals surface area contributed by atoms with Gasteiger partial charge >= 0.3 is 12.1 Å². The second kappa shape index (κ2) is 9.88. The van der Waals surface area contributed by atoms with E-state index in [1.54, 1.807) is 32.9 Å². The molecule has 0 saturated carbocycles. The van der Waals surface area contributed by atoms with E-state index in [0.717, 1.165) is 0 Å². The zero-order valence-corrected chi connectivity index (χ0v) is 17.9. The average molecular weight is 471 g/mol. The van der Waals surface area contributed by atoms with Gasteiger partial charge < -0.3 is 9.29 Å². The monoisotopic (exact) mass is 470 g/mol. The number of alkyl halides is 3. The normalized spacial score (nSPS) is 15.4. The summed E-state index contributed by atoms with van der Waals surface area (Å²) in [6.07, 6.45) is -6.12. The van der Waals surface area contributed by atoms with Gasteiger partial charge in [-0.3, -0.25) is 4.79 Å². The Labute approximate surface area is 168 Å². The average Bonchev–Trinajstić information content (AvgIpc) is 2.51. The molecular weight excluding hydrogens is 449 g/mol. The molecule has 0 aromatic carbocycles. The van der Waals surface area contributed by atoms with E-state index in [4.69, 9.17) is 0 Å². The van der Waals surface area contributed by atoms with Crippen LogP contribution in [-0.4, -0.2) is 38.7 Å². The van der Waals surface area contributed by atoms with Gasteiger partial charge in [0.1, 0.15) is 26.4 Å². The Morgan fingerprint density at radius 2 is 1.96 bits per heavy atom. The van der Waals surface area contributed by atoms with E-state index in [2.05, 4.69) is 30.0 Å².